The Morgan fingerprint density at radius 2 is 1.57 bits per heavy atom. The van der Waals surface area contributed by atoms with Gasteiger partial charge in [-0.2, -0.15) is 0 Å². The molecule has 0 radical (unpaired) electrons. The van der Waals surface area contributed by atoms with Crippen molar-refractivity contribution in [1.82, 2.24) is 15.3 Å². The standard InChI is InChI=1S/C30H27N3O2/c1-35-24-13-11-22(12-14-24)30-26(25-9-5-6-10-27(25)32-30)15-16-28(34)33-29(21-7-3-2-4-8-21)23-17-19-31-20-18-23/h2-14,17-20,29,32H,15-16H2,1H3,(H,33,34). The van der Waals surface area contributed by atoms with Crippen LogP contribution in [-0.4, -0.2) is 23.0 Å². The predicted octanol–water partition coefficient (Wildman–Crippen LogP) is 6.08. The molecule has 2 heterocycles. The molecule has 174 valence electrons. The van der Waals surface area contributed by atoms with Crippen molar-refractivity contribution in [2.24, 2.45) is 0 Å². The van der Waals surface area contributed by atoms with Crippen molar-refractivity contribution >= 4 is 16.8 Å². The van der Waals surface area contributed by atoms with E-state index in [0.717, 1.165) is 44.6 Å². The van der Waals surface area contributed by atoms with E-state index in [2.05, 4.69) is 27.4 Å². The highest BCUT2D eigenvalue weighted by Crippen LogP contribution is 2.32. The Morgan fingerprint density at radius 3 is 2.31 bits per heavy atom. The van der Waals surface area contributed by atoms with Gasteiger partial charge >= 0.3 is 0 Å². The average molecular weight is 462 g/mol. The summed E-state index contributed by atoms with van der Waals surface area (Å²) in [7, 11) is 1.66. The second-order valence-electron chi connectivity index (χ2n) is 8.44. The molecule has 0 aliphatic heterocycles. The Labute approximate surface area is 204 Å². The number of benzene rings is 3. The van der Waals surface area contributed by atoms with Crippen LogP contribution in [0, 0.1) is 0 Å². The molecule has 0 saturated heterocycles. The van der Waals surface area contributed by atoms with Crippen molar-refractivity contribution in [3.8, 4) is 17.0 Å². The molecule has 5 nitrogen and oxygen atoms in total. The number of aryl methyl sites for hydroxylation is 1. The topological polar surface area (TPSA) is 67.0 Å². The maximum Gasteiger partial charge on any atom is 0.221 e. The van der Waals surface area contributed by atoms with Crippen molar-refractivity contribution in [2.75, 3.05) is 7.11 Å². The summed E-state index contributed by atoms with van der Waals surface area (Å²) in [4.78, 5) is 20.9. The summed E-state index contributed by atoms with van der Waals surface area (Å²) in [6, 6.07) is 29.9. The van der Waals surface area contributed by atoms with Crippen molar-refractivity contribution in [3.05, 3.63) is 120 Å². The van der Waals surface area contributed by atoms with Gasteiger partial charge in [-0.25, -0.2) is 0 Å². The summed E-state index contributed by atoms with van der Waals surface area (Å²) in [6.07, 6.45) is 4.50. The van der Waals surface area contributed by atoms with Gasteiger partial charge in [0.2, 0.25) is 5.91 Å². The number of H-pyrrole nitrogens is 1. The van der Waals surface area contributed by atoms with Crippen LogP contribution in [0.15, 0.2) is 103 Å². The molecular weight excluding hydrogens is 434 g/mol. The Morgan fingerprint density at radius 1 is 0.886 bits per heavy atom. The minimum absolute atomic E-state index is 0.00151. The fraction of sp³-hybridized carbons (Fsp3) is 0.133. The van der Waals surface area contributed by atoms with Gasteiger partial charge in [0.05, 0.1) is 13.2 Å². The van der Waals surface area contributed by atoms with Gasteiger partial charge in [-0.05, 0) is 71.1 Å². The number of nitrogens with zero attached hydrogens (tertiary/aromatic N) is 1. The third-order valence-corrected chi connectivity index (χ3v) is 6.27. The van der Waals surface area contributed by atoms with Gasteiger partial charge in [0.15, 0.2) is 0 Å². The molecule has 5 aromatic rings. The van der Waals surface area contributed by atoms with Crippen molar-refractivity contribution < 1.29 is 9.53 Å². The molecule has 0 aliphatic carbocycles. The van der Waals surface area contributed by atoms with Crippen LogP contribution < -0.4 is 10.1 Å². The van der Waals surface area contributed by atoms with Crippen LogP contribution in [0.5, 0.6) is 5.75 Å². The van der Waals surface area contributed by atoms with E-state index in [0.29, 0.717) is 12.8 Å². The molecule has 1 unspecified atom stereocenters. The monoisotopic (exact) mass is 461 g/mol. The van der Waals surface area contributed by atoms with Crippen molar-refractivity contribution in [3.63, 3.8) is 0 Å². The first kappa shape index (κ1) is 22.4. The fourth-order valence-electron chi connectivity index (χ4n) is 4.50. The third kappa shape index (κ3) is 4.94. The minimum Gasteiger partial charge on any atom is -0.497 e. The molecule has 3 aromatic carbocycles. The first-order valence-electron chi connectivity index (χ1n) is 11.7. The summed E-state index contributed by atoms with van der Waals surface area (Å²) < 4.78 is 5.32. The molecule has 1 atom stereocenters. The fourth-order valence-corrected chi connectivity index (χ4v) is 4.50. The molecule has 0 spiro atoms. The van der Waals surface area contributed by atoms with E-state index in [9.17, 15) is 4.79 Å². The van der Waals surface area contributed by atoms with Gasteiger partial charge in [0.1, 0.15) is 5.75 Å². The number of amides is 1. The van der Waals surface area contributed by atoms with Crippen molar-refractivity contribution in [1.29, 1.82) is 0 Å². The number of nitrogens with one attached hydrogen (secondary N) is 2. The zero-order valence-electron chi connectivity index (χ0n) is 19.6. The molecular formula is C30H27N3O2. The highest BCUT2D eigenvalue weighted by molar-refractivity contribution is 5.91. The molecule has 0 fully saturated rings. The van der Waals surface area contributed by atoms with E-state index in [-0.39, 0.29) is 11.9 Å². The largest absolute Gasteiger partial charge is 0.497 e. The van der Waals surface area contributed by atoms with Crippen LogP contribution in [0.3, 0.4) is 0 Å². The van der Waals surface area contributed by atoms with Crippen LogP contribution >= 0.6 is 0 Å². The van der Waals surface area contributed by atoms with Gasteiger partial charge < -0.3 is 15.0 Å². The number of hydrogen-bond donors (Lipinski definition) is 2. The SMILES string of the molecule is COc1ccc(-c2[nH]c3ccccc3c2CCC(=O)NC(c2ccccc2)c2ccncc2)cc1. The molecule has 5 rings (SSSR count). The summed E-state index contributed by atoms with van der Waals surface area (Å²) >= 11 is 0. The number of methoxy groups -OCH3 is 1. The lowest BCUT2D eigenvalue weighted by molar-refractivity contribution is -0.121. The number of pyridine rings is 1. The molecule has 0 bridgehead atoms. The Kier molecular flexibility index (Phi) is 6.57. The predicted molar refractivity (Wildman–Crippen MR) is 139 cm³/mol. The number of carbonyl (C=O) groups excluding carboxylic acids is 1. The molecule has 2 aromatic heterocycles. The zero-order chi connectivity index (χ0) is 24.0. The lowest BCUT2D eigenvalue weighted by Crippen LogP contribution is -2.29. The highest BCUT2D eigenvalue weighted by atomic mass is 16.5. The smallest absolute Gasteiger partial charge is 0.221 e. The van der Waals surface area contributed by atoms with Crippen LogP contribution in [0.2, 0.25) is 0 Å². The number of ether oxygens (including phenoxy) is 1. The van der Waals surface area contributed by atoms with Gasteiger partial charge in [0, 0.05) is 35.4 Å². The minimum atomic E-state index is -0.226. The summed E-state index contributed by atoms with van der Waals surface area (Å²) in [5.41, 5.74) is 6.35. The van der Waals surface area contributed by atoms with Gasteiger partial charge in [-0.3, -0.25) is 9.78 Å². The van der Waals surface area contributed by atoms with E-state index in [1.54, 1.807) is 19.5 Å². The van der Waals surface area contributed by atoms with Crippen LogP contribution in [0.1, 0.15) is 29.2 Å². The molecule has 5 heteroatoms. The lowest BCUT2D eigenvalue weighted by Gasteiger charge is -2.20. The normalized spacial score (nSPS) is 11.8. The number of hydrogen-bond acceptors (Lipinski definition) is 3. The molecule has 0 aliphatic rings. The summed E-state index contributed by atoms with van der Waals surface area (Å²) in [5, 5.41) is 4.38. The lowest BCUT2D eigenvalue weighted by atomic mass is 9.98. The summed E-state index contributed by atoms with van der Waals surface area (Å²) in [6.45, 7) is 0. The first-order valence-corrected chi connectivity index (χ1v) is 11.7. The second kappa shape index (κ2) is 10.3. The maximum atomic E-state index is 13.2. The second-order valence-corrected chi connectivity index (χ2v) is 8.44. The van der Waals surface area contributed by atoms with E-state index >= 15 is 0 Å². The molecule has 1 amide bonds. The van der Waals surface area contributed by atoms with Crippen LogP contribution in [-0.2, 0) is 11.2 Å². The molecule has 0 saturated carbocycles. The Bertz CT molecular complexity index is 1370. The van der Waals surface area contributed by atoms with E-state index in [1.165, 1.54) is 0 Å². The van der Waals surface area contributed by atoms with E-state index in [4.69, 9.17) is 4.74 Å². The number of fused-ring (bicyclic) bond motifs is 1. The number of aromatic amines is 1. The van der Waals surface area contributed by atoms with Gasteiger partial charge in [0.25, 0.3) is 0 Å². The maximum absolute atomic E-state index is 13.2. The van der Waals surface area contributed by atoms with Gasteiger partial charge in [-0.1, -0.05) is 48.5 Å². The van der Waals surface area contributed by atoms with E-state index in [1.807, 2.05) is 78.9 Å². The first-order chi connectivity index (χ1) is 17.2. The Balaban J connectivity index is 1.40. The number of para-hydroxylation sites is 1. The number of rotatable bonds is 8. The van der Waals surface area contributed by atoms with E-state index < -0.39 is 0 Å². The molecule has 2 N–H and O–H groups in total. The van der Waals surface area contributed by atoms with Gasteiger partial charge in [-0.15, -0.1) is 0 Å². The average Bonchev–Trinajstić information content (AvgIpc) is 3.30. The van der Waals surface area contributed by atoms with Crippen molar-refractivity contribution in [2.45, 2.75) is 18.9 Å². The summed E-state index contributed by atoms with van der Waals surface area (Å²) in [5.74, 6) is 0.815. The van der Waals surface area contributed by atoms with Crippen LogP contribution in [0.4, 0.5) is 0 Å². The van der Waals surface area contributed by atoms with Crippen LogP contribution in [0.25, 0.3) is 22.2 Å². The number of carbonyl (C=O) groups is 1. The highest BCUT2D eigenvalue weighted by Gasteiger charge is 2.19. The number of aromatic nitrogens is 2. The zero-order valence-corrected chi connectivity index (χ0v) is 19.6. The molecule has 35 heavy (non-hydrogen) atoms. The third-order valence-electron chi connectivity index (χ3n) is 6.27. The Hall–Kier alpha value is -4.38. The quantitative estimate of drug-likeness (QED) is 0.294.